The number of hydrogen-bond acceptors (Lipinski definition) is 6. The average Bonchev–Trinajstić information content (AvgIpc) is 3.09. The maximum absolute atomic E-state index is 12.7. The average molecular weight is 723 g/mol. The van der Waals surface area contributed by atoms with Gasteiger partial charge in [-0.15, -0.1) is 0 Å². The van der Waals surface area contributed by atoms with E-state index in [1.165, 1.54) is 122 Å². The van der Waals surface area contributed by atoms with Crippen molar-refractivity contribution in [2.24, 2.45) is 11.8 Å². The van der Waals surface area contributed by atoms with Gasteiger partial charge in [0, 0.05) is 19.3 Å². The molecule has 6 nitrogen and oxygen atoms in total. The normalized spacial score (nSPS) is 12.1. The number of rotatable bonds is 39. The van der Waals surface area contributed by atoms with Gasteiger partial charge in [-0.25, -0.2) is 0 Å². The molecule has 0 aromatic heterocycles. The molecule has 0 radical (unpaired) electrons. The van der Waals surface area contributed by atoms with Crippen molar-refractivity contribution >= 4 is 17.9 Å². The Labute approximate surface area is 317 Å². The standard InChI is InChI=1S/C45H86O6/c1-6-7-8-23-30-35-43(46)49-38-42(39-50-44(47)36-31-26-21-17-14-13-16-20-25-29-34-41(4)5)51-45(48)37-32-27-22-18-12-10-9-11-15-19-24-28-33-40(2)3/h40-42H,6-39H2,1-5H3/t42-/m0/s1. The molecule has 0 saturated carbocycles. The van der Waals surface area contributed by atoms with Crippen molar-refractivity contribution in [3.8, 4) is 0 Å². The topological polar surface area (TPSA) is 78.9 Å². The van der Waals surface area contributed by atoms with Gasteiger partial charge in [-0.3, -0.25) is 14.4 Å². The maximum atomic E-state index is 12.7. The molecule has 0 heterocycles. The summed E-state index contributed by atoms with van der Waals surface area (Å²) < 4.78 is 16.6. The Hall–Kier alpha value is -1.59. The summed E-state index contributed by atoms with van der Waals surface area (Å²) in [6, 6.07) is 0. The van der Waals surface area contributed by atoms with Gasteiger partial charge in [0.1, 0.15) is 13.2 Å². The predicted octanol–water partition coefficient (Wildman–Crippen LogP) is 13.8. The van der Waals surface area contributed by atoms with Gasteiger partial charge < -0.3 is 14.2 Å². The summed E-state index contributed by atoms with van der Waals surface area (Å²) in [5.74, 6) is 0.778. The second-order valence-electron chi connectivity index (χ2n) is 16.3. The van der Waals surface area contributed by atoms with Gasteiger partial charge in [0.2, 0.25) is 0 Å². The molecule has 0 amide bonds. The fourth-order valence-electron chi connectivity index (χ4n) is 6.58. The van der Waals surface area contributed by atoms with Gasteiger partial charge in [-0.05, 0) is 31.1 Å². The van der Waals surface area contributed by atoms with Crippen LogP contribution in [0.25, 0.3) is 0 Å². The number of carbonyl (C=O) groups is 3. The molecule has 0 aliphatic carbocycles. The zero-order chi connectivity index (χ0) is 37.6. The molecule has 0 aromatic rings. The van der Waals surface area contributed by atoms with Crippen LogP contribution in [0.4, 0.5) is 0 Å². The second-order valence-corrected chi connectivity index (χ2v) is 16.3. The minimum atomic E-state index is -0.758. The molecule has 0 N–H and O–H groups in total. The Morgan fingerprint density at radius 1 is 0.373 bits per heavy atom. The highest BCUT2D eigenvalue weighted by atomic mass is 16.6. The van der Waals surface area contributed by atoms with Gasteiger partial charge >= 0.3 is 17.9 Å². The van der Waals surface area contributed by atoms with E-state index in [1.807, 2.05) is 0 Å². The van der Waals surface area contributed by atoms with E-state index in [1.54, 1.807) is 0 Å². The number of ether oxygens (including phenoxy) is 3. The van der Waals surface area contributed by atoms with Crippen molar-refractivity contribution in [1.29, 1.82) is 0 Å². The largest absolute Gasteiger partial charge is 0.462 e. The van der Waals surface area contributed by atoms with Crippen molar-refractivity contribution < 1.29 is 28.6 Å². The van der Waals surface area contributed by atoms with Crippen LogP contribution in [0.5, 0.6) is 0 Å². The van der Waals surface area contributed by atoms with E-state index in [-0.39, 0.29) is 31.1 Å². The lowest BCUT2D eigenvalue weighted by Crippen LogP contribution is -2.30. The highest BCUT2D eigenvalue weighted by Crippen LogP contribution is 2.16. The lowest BCUT2D eigenvalue weighted by atomic mass is 10.0. The molecule has 0 fully saturated rings. The molecule has 0 spiro atoms. The molecule has 302 valence electrons. The van der Waals surface area contributed by atoms with Crippen molar-refractivity contribution in [3.63, 3.8) is 0 Å². The molecule has 1 atom stereocenters. The summed E-state index contributed by atoms with van der Waals surface area (Å²) >= 11 is 0. The third-order valence-electron chi connectivity index (χ3n) is 9.97. The smallest absolute Gasteiger partial charge is 0.306 e. The summed E-state index contributed by atoms with van der Waals surface area (Å²) in [6.07, 6.45) is 35.4. The molecule has 0 rings (SSSR count). The monoisotopic (exact) mass is 723 g/mol. The van der Waals surface area contributed by atoms with Gasteiger partial charge in [0.25, 0.3) is 0 Å². The van der Waals surface area contributed by atoms with E-state index in [0.717, 1.165) is 76.0 Å². The molecular weight excluding hydrogens is 636 g/mol. The number of unbranched alkanes of at least 4 members (excludes halogenated alkanes) is 24. The van der Waals surface area contributed by atoms with Crippen LogP contribution in [-0.2, 0) is 28.6 Å². The lowest BCUT2D eigenvalue weighted by molar-refractivity contribution is -0.167. The zero-order valence-electron chi connectivity index (χ0n) is 34.7. The van der Waals surface area contributed by atoms with Crippen molar-refractivity contribution in [2.75, 3.05) is 13.2 Å². The van der Waals surface area contributed by atoms with Crippen LogP contribution in [0, 0.1) is 11.8 Å². The fraction of sp³-hybridized carbons (Fsp3) is 0.933. The Kier molecular flexibility index (Phi) is 37.0. The van der Waals surface area contributed by atoms with E-state index in [0.29, 0.717) is 19.3 Å². The van der Waals surface area contributed by atoms with E-state index in [4.69, 9.17) is 14.2 Å². The van der Waals surface area contributed by atoms with Crippen LogP contribution in [0.3, 0.4) is 0 Å². The van der Waals surface area contributed by atoms with Crippen LogP contribution in [-0.4, -0.2) is 37.2 Å². The summed E-state index contributed by atoms with van der Waals surface area (Å²) in [5.41, 5.74) is 0. The van der Waals surface area contributed by atoms with E-state index < -0.39 is 6.10 Å². The molecule has 51 heavy (non-hydrogen) atoms. The van der Waals surface area contributed by atoms with Crippen molar-refractivity contribution in [2.45, 2.75) is 246 Å². The van der Waals surface area contributed by atoms with Crippen LogP contribution < -0.4 is 0 Å². The Morgan fingerprint density at radius 3 is 0.961 bits per heavy atom. The summed E-state index contributed by atoms with van der Waals surface area (Å²) in [7, 11) is 0. The highest BCUT2D eigenvalue weighted by molar-refractivity contribution is 5.71. The van der Waals surface area contributed by atoms with Crippen molar-refractivity contribution in [3.05, 3.63) is 0 Å². The first kappa shape index (κ1) is 49.4. The second kappa shape index (κ2) is 38.1. The zero-order valence-corrected chi connectivity index (χ0v) is 34.7. The fourth-order valence-corrected chi connectivity index (χ4v) is 6.58. The third kappa shape index (κ3) is 39.5. The van der Waals surface area contributed by atoms with Gasteiger partial charge in [-0.1, -0.05) is 202 Å². The summed E-state index contributed by atoms with van der Waals surface area (Å²) in [4.78, 5) is 37.4. The molecule has 6 heteroatoms. The summed E-state index contributed by atoms with van der Waals surface area (Å²) in [6.45, 7) is 11.2. The molecule has 0 unspecified atom stereocenters. The molecular formula is C45H86O6. The number of hydrogen-bond donors (Lipinski definition) is 0. The molecule has 0 aliphatic heterocycles. The van der Waals surface area contributed by atoms with Crippen LogP contribution >= 0.6 is 0 Å². The SMILES string of the molecule is CCCCCCCC(=O)OC[C@@H](COC(=O)CCCCCCCCCCCCC(C)C)OC(=O)CCCCCCCCCCCCCCC(C)C. The number of carbonyl (C=O) groups excluding carboxylic acids is 3. The summed E-state index contributed by atoms with van der Waals surface area (Å²) in [5, 5.41) is 0. The molecule has 0 aromatic carbocycles. The predicted molar refractivity (Wildman–Crippen MR) is 215 cm³/mol. The van der Waals surface area contributed by atoms with Crippen LogP contribution in [0.15, 0.2) is 0 Å². The minimum absolute atomic E-state index is 0.0660. The van der Waals surface area contributed by atoms with Gasteiger partial charge in [0.15, 0.2) is 6.10 Å². The Morgan fingerprint density at radius 2 is 0.647 bits per heavy atom. The molecule has 0 aliphatic rings. The third-order valence-corrected chi connectivity index (χ3v) is 9.97. The van der Waals surface area contributed by atoms with Gasteiger partial charge in [-0.2, -0.15) is 0 Å². The molecule has 0 saturated heterocycles. The van der Waals surface area contributed by atoms with E-state index >= 15 is 0 Å². The first-order chi connectivity index (χ1) is 24.7. The molecule has 0 bridgehead atoms. The number of esters is 3. The quantitative estimate of drug-likeness (QED) is 0.0357. The lowest BCUT2D eigenvalue weighted by Gasteiger charge is -2.18. The Bertz CT molecular complexity index is 779. The Balaban J connectivity index is 4.20. The minimum Gasteiger partial charge on any atom is -0.462 e. The maximum Gasteiger partial charge on any atom is 0.306 e. The first-order valence-corrected chi connectivity index (χ1v) is 22.2. The van der Waals surface area contributed by atoms with E-state index in [9.17, 15) is 14.4 Å². The van der Waals surface area contributed by atoms with Crippen LogP contribution in [0.2, 0.25) is 0 Å². The van der Waals surface area contributed by atoms with Gasteiger partial charge in [0.05, 0.1) is 0 Å². The highest BCUT2D eigenvalue weighted by Gasteiger charge is 2.19. The first-order valence-electron chi connectivity index (χ1n) is 22.2. The van der Waals surface area contributed by atoms with Crippen molar-refractivity contribution in [1.82, 2.24) is 0 Å². The van der Waals surface area contributed by atoms with E-state index in [2.05, 4.69) is 34.6 Å². The van der Waals surface area contributed by atoms with Crippen LogP contribution in [0.1, 0.15) is 240 Å².